The summed E-state index contributed by atoms with van der Waals surface area (Å²) in [6.45, 7) is 3.88. The Bertz CT molecular complexity index is 790. The quantitative estimate of drug-likeness (QED) is 0.506. The van der Waals surface area contributed by atoms with Crippen LogP contribution in [0.1, 0.15) is 18.4 Å². The predicted octanol–water partition coefficient (Wildman–Crippen LogP) is 1.28. The van der Waals surface area contributed by atoms with Crippen molar-refractivity contribution in [3.8, 4) is 0 Å². The number of halogens is 1. The van der Waals surface area contributed by atoms with Crippen molar-refractivity contribution in [2.45, 2.75) is 18.3 Å². The fourth-order valence-electron chi connectivity index (χ4n) is 3.68. The lowest BCUT2D eigenvalue weighted by molar-refractivity contribution is -0.106. The minimum Gasteiger partial charge on any atom is -0.384 e. The van der Waals surface area contributed by atoms with E-state index in [2.05, 4.69) is 33.0 Å². The number of thioether (sulfide) groups is 1. The molecule has 1 saturated heterocycles. The molecule has 0 amide bonds. The second-order valence-electron chi connectivity index (χ2n) is 7.00. The maximum absolute atomic E-state index is 14.5. The van der Waals surface area contributed by atoms with Gasteiger partial charge in [0.2, 0.25) is 0 Å². The summed E-state index contributed by atoms with van der Waals surface area (Å²) in [5, 5.41) is 9.20. The Labute approximate surface area is 168 Å². The van der Waals surface area contributed by atoms with Crippen LogP contribution in [0.2, 0.25) is 0 Å². The first kappa shape index (κ1) is 18.9. The molecule has 150 valence electrons. The summed E-state index contributed by atoms with van der Waals surface area (Å²) in [5.74, 6) is 0.399. The Morgan fingerprint density at radius 1 is 1.29 bits per heavy atom. The molecule has 0 aliphatic carbocycles. The number of allylic oxidation sites excluding steroid dienone is 1. The molecular weight excluding hydrogens is 379 g/mol. The van der Waals surface area contributed by atoms with Crippen LogP contribution in [0.25, 0.3) is 5.70 Å². The van der Waals surface area contributed by atoms with Crippen LogP contribution in [0, 0.1) is 0 Å². The molecule has 3 heterocycles. The second kappa shape index (κ2) is 8.32. The number of aldehydes is 1. The van der Waals surface area contributed by atoms with Crippen molar-refractivity contribution in [3.63, 3.8) is 0 Å². The summed E-state index contributed by atoms with van der Waals surface area (Å²) in [7, 11) is 0. The van der Waals surface area contributed by atoms with Gasteiger partial charge in [-0.3, -0.25) is 10.1 Å². The smallest absolute Gasteiger partial charge is 0.183 e. The summed E-state index contributed by atoms with van der Waals surface area (Å²) in [6, 6.07) is 8.06. The molecule has 1 aromatic carbocycles. The molecule has 0 aromatic heterocycles. The average Bonchev–Trinajstić information content (AvgIpc) is 3.43. The van der Waals surface area contributed by atoms with Gasteiger partial charge in [-0.05, 0) is 25.0 Å². The van der Waals surface area contributed by atoms with E-state index in [1.807, 2.05) is 17.0 Å². The monoisotopic (exact) mass is 404 g/mol. The summed E-state index contributed by atoms with van der Waals surface area (Å²) in [4.78, 5) is 15.3. The molecule has 5 N–H and O–H groups in total. The van der Waals surface area contributed by atoms with Gasteiger partial charge in [0, 0.05) is 37.4 Å². The maximum Gasteiger partial charge on any atom is 0.183 e. The fraction of sp³-hybridized carbons (Fsp3) is 0.421. The first-order chi connectivity index (χ1) is 13.7. The highest BCUT2D eigenvalue weighted by atomic mass is 32.2. The molecular formula is C19H25FN6OS. The third-order valence-corrected chi connectivity index (χ3v) is 6.15. The Hall–Kier alpha value is -2.39. The summed E-state index contributed by atoms with van der Waals surface area (Å²) < 4.78 is 14.5. The number of rotatable bonds is 7. The van der Waals surface area contributed by atoms with Crippen molar-refractivity contribution in [2.24, 2.45) is 5.73 Å². The molecule has 7 nitrogen and oxygen atoms in total. The molecule has 0 radical (unpaired) electrons. The Kier molecular flexibility index (Phi) is 5.63. The number of nitrogens with zero attached hydrogens (tertiary/aromatic N) is 2. The molecule has 1 unspecified atom stereocenters. The van der Waals surface area contributed by atoms with Crippen molar-refractivity contribution in [3.05, 3.63) is 46.5 Å². The molecule has 1 aromatic rings. The van der Waals surface area contributed by atoms with Crippen LogP contribution >= 0.6 is 11.8 Å². The SMILES string of the molecule is NC1=C(C=O)N(CCNC2NC(c3ccc(N4CCCC4)cc3)=C(F)S2)CN1. The Morgan fingerprint density at radius 2 is 2.04 bits per heavy atom. The van der Waals surface area contributed by atoms with Gasteiger partial charge in [0.05, 0.1) is 12.4 Å². The van der Waals surface area contributed by atoms with E-state index >= 15 is 0 Å². The van der Waals surface area contributed by atoms with E-state index in [1.54, 1.807) is 0 Å². The zero-order chi connectivity index (χ0) is 19.5. The molecule has 28 heavy (non-hydrogen) atoms. The van der Waals surface area contributed by atoms with Crippen molar-refractivity contribution in [1.82, 2.24) is 20.9 Å². The number of hydrogen-bond acceptors (Lipinski definition) is 8. The summed E-state index contributed by atoms with van der Waals surface area (Å²) in [5.41, 5.74) is 8.51. The fourth-order valence-corrected chi connectivity index (χ4v) is 4.56. The highest BCUT2D eigenvalue weighted by Gasteiger charge is 2.26. The van der Waals surface area contributed by atoms with E-state index in [0.717, 1.165) is 36.7 Å². The number of nitrogens with one attached hydrogen (secondary N) is 3. The molecule has 0 bridgehead atoms. The average molecular weight is 405 g/mol. The molecule has 3 aliphatic rings. The number of anilines is 1. The standard InChI is InChI=1S/C19H25FN6OS/c20-17-16(13-3-5-14(6-4-13)25-8-1-2-9-25)24-19(28-17)22-7-10-26-12-23-18(21)15(26)11-27/h3-6,11,19,22-24H,1-2,7-10,12,21H2. The maximum atomic E-state index is 14.5. The van der Waals surface area contributed by atoms with Crippen LogP contribution in [0.5, 0.6) is 0 Å². The van der Waals surface area contributed by atoms with Crippen LogP contribution in [0.4, 0.5) is 10.1 Å². The van der Waals surface area contributed by atoms with Crippen molar-refractivity contribution >= 4 is 29.4 Å². The minimum atomic E-state index is -0.246. The van der Waals surface area contributed by atoms with Crippen LogP contribution in [-0.2, 0) is 4.79 Å². The van der Waals surface area contributed by atoms with E-state index in [9.17, 15) is 9.18 Å². The van der Waals surface area contributed by atoms with Crippen LogP contribution in [-0.4, -0.2) is 49.5 Å². The van der Waals surface area contributed by atoms with Gasteiger partial charge in [0.1, 0.15) is 17.0 Å². The molecule has 1 atom stereocenters. The molecule has 0 saturated carbocycles. The Balaban J connectivity index is 1.29. The molecule has 4 rings (SSSR count). The van der Waals surface area contributed by atoms with Crippen molar-refractivity contribution in [2.75, 3.05) is 37.7 Å². The van der Waals surface area contributed by atoms with Crippen LogP contribution < -0.4 is 26.6 Å². The van der Waals surface area contributed by atoms with Gasteiger partial charge in [-0.1, -0.05) is 23.9 Å². The first-order valence-corrected chi connectivity index (χ1v) is 10.4. The Morgan fingerprint density at radius 3 is 2.75 bits per heavy atom. The van der Waals surface area contributed by atoms with E-state index in [-0.39, 0.29) is 10.7 Å². The number of hydrogen-bond donors (Lipinski definition) is 4. The van der Waals surface area contributed by atoms with E-state index in [1.165, 1.54) is 18.5 Å². The van der Waals surface area contributed by atoms with Gasteiger partial charge >= 0.3 is 0 Å². The van der Waals surface area contributed by atoms with Crippen LogP contribution in [0.3, 0.4) is 0 Å². The zero-order valence-corrected chi connectivity index (χ0v) is 16.4. The number of benzene rings is 1. The predicted molar refractivity (Wildman–Crippen MR) is 110 cm³/mol. The van der Waals surface area contributed by atoms with Gasteiger partial charge in [-0.2, -0.15) is 4.39 Å². The van der Waals surface area contributed by atoms with Gasteiger partial charge in [0.15, 0.2) is 11.4 Å². The van der Waals surface area contributed by atoms with Gasteiger partial charge in [0.25, 0.3) is 0 Å². The van der Waals surface area contributed by atoms with E-state index in [0.29, 0.717) is 37.0 Å². The van der Waals surface area contributed by atoms with E-state index in [4.69, 9.17) is 5.73 Å². The second-order valence-corrected chi connectivity index (χ2v) is 8.07. The molecule has 9 heteroatoms. The lowest BCUT2D eigenvalue weighted by Crippen LogP contribution is -2.40. The van der Waals surface area contributed by atoms with Gasteiger partial charge in [-0.25, -0.2) is 0 Å². The number of nitrogens with two attached hydrogens (primary N) is 1. The third-order valence-electron chi connectivity index (χ3n) is 5.22. The highest BCUT2D eigenvalue weighted by Crippen LogP contribution is 2.35. The number of carbonyl (C=O) groups excluding carboxylic acids is 1. The molecule has 0 spiro atoms. The van der Waals surface area contributed by atoms with Gasteiger partial charge in [-0.15, -0.1) is 0 Å². The lowest BCUT2D eigenvalue weighted by Gasteiger charge is -2.20. The zero-order valence-electron chi connectivity index (χ0n) is 15.6. The largest absolute Gasteiger partial charge is 0.384 e. The van der Waals surface area contributed by atoms with Crippen LogP contribution in [0.15, 0.2) is 40.9 Å². The number of carbonyl (C=O) groups is 1. The third kappa shape index (κ3) is 3.90. The topological polar surface area (TPSA) is 85.7 Å². The lowest BCUT2D eigenvalue weighted by atomic mass is 10.1. The molecule has 3 aliphatic heterocycles. The van der Waals surface area contributed by atoms with Gasteiger partial charge < -0.3 is 26.2 Å². The summed E-state index contributed by atoms with van der Waals surface area (Å²) in [6.07, 6.45) is 3.22. The van der Waals surface area contributed by atoms with Crippen molar-refractivity contribution in [1.29, 1.82) is 0 Å². The van der Waals surface area contributed by atoms with Crippen molar-refractivity contribution < 1.29 is 9.18 Å². The normalized spacial score (nSPS) is 22.1. The molecule has 1 fully saturated rings. The highest BCUT2D eigenvalue weighted by molar-refractivity contribution is 8.03. The summed E-state index contributed by atoms with van der Waals surface area (Å²) >= 11 is 1.13. The minimum absolute atomic E-state index is 0.216. The first-order valence-electron chi connectivity index (χ1n) is 9.51. The van der Waals surface area contributed by atoms with E-state index < -0.39 is 0 Å².